The Balaban J connectivity index is 2.11. The summed E-state index contributed by atoms with van der Waals surface area (Å²) in [6.45, 7) is 7.98. The molecule has 10 nitrogen and oxygen atoms in total. The first-order valence-electron chi connectivity index (χ1n) is 12.5. The van der Waals surface area contributed by atoms with Crippen LogP contribution < -0.4 is 5.32 Å². The first-order valence-corrected chi connectivity index (χ1v) is 13.7. The lowest BCUT2D eigenvalue weighted by Gasteiger charge is -2.43. The average molecular weight is 637 g/mol. The van der Waals surface area contributed by atoms with Crippen molar-refractivity contribution in [3.8, 4) is 0 Å². The lowest BCUT2D eigenvalue weighted by atomic mass is 9.88. The number of nitrogens with one attached hydrogen (secondary N) is 1. The molecule has 1 heterocycles. The molecule has 2 amide bonds. The van der Waals surface area contributed by atoms with Gasteiger partial charge in [0.25, 0.3) is 5.91 Å². The zero-order valence-corrected chi connectivity index (χ0v) is 25.2. The Morgan fingerprint density at radius 2 is 1.70 bits per heavy atom. The van der Waals surface area contributed by atoms with Crippen molar-refractivity contribution in [2.24, 2.45) is 11.0 Å². The molecule has 40 heavy (non-hydrogen) atoms. The van der Waals surface area contributed by atoms with Crippen molar-refractivity contribution in [3.05, 3.63) is 69.2 Å². The number of ether oxygens (including phenoxy) is 3. The third-order valence-electron chi connectivity index (χ3n) is 5.81. The Labute approximate surface area is 246 Å². The first-order chi connectivity index (χ1) is 18.8. The summed E-state index contributed by atoms with van der Waals surface area (Å²) in [5.74, 6) is -3.46. The normalized spacial score (nSPS) is 18.8. The van der Waals surface area contributed by atoms with Gasteiger partial charge in [0.1, 0.15) is 18.1 Å². The predicted molar refractivity (Wildman–Crippen MR) is 152 cm³/mol. The van der Waals surface area contributed by atoms with Gasteiger partial charge in [-0.15, -0.1) is 0 Å². The molecule has 2 aromatic carbocycles. The second-order valence-corrected chi connectivity index (χ2v) is 11.4. The van der Waals surface area contributed by atoms with Gasteiger partial charge in [-0.3, -0.25) is 9.59 Å². The number of hydrogen-bond donors (Lipinski definition) is 1. The van der Waals surface area contributed by atoms with Crippen LogP contribution in [0.15, 0.2) is 58.1 Å². The highest BCUT2D eigenvalue weighted by molar-refractivity contribution is 9.10. The second kappa shape index (κ2) is 12.8. The standard InChI is InChI=1S/C28H31BrClN3O7/c1-6-38-24(35)22-15-28(31-23(34)19-9-11-20(29)12-10-19,25(36)39-16-18-7-13-21(30)14-8-18)33(32-17(22)2)26(37)40-27(3,4)5/h7-14,22H,6,15-16H2,1-5H3,(H,31,34)/t22-,28+/m0/s1. The Morgan fingerprint density at radius 3 is 2.27 bits per heavy atom. The van der Waals surface area contributed by atoms with Gasteiger partial charge >= 0.3 is 18.0 Å². The van der Waals surface area contributed by atoms with Crippen molar-refractivity contribution >= 4 is 57.2 Å². The van der Waals surface area contributed by atoms with E-state index in [2.05, 4.69) is 26.3 Å². The van der Waals surface area contributed by atoms with Crippen LogP contribution in [-0.2, 0) is 30.4 Å². The van der Waals surface area contributed by atoms with Gasteiger partial charge in [-0.25, -0.2) is 9.59 Å². The molecule has 0 radical (unpaired) electrons. The van der Waals surface area contributed by atoms with Gasteiger partial charge in [-0.05, 0) is 76.6 Å². The number of carbonyl (C=O) groups is 4. The molecule has 1 aliphatic heterocycles. The Bertz CT molecular complexity index is 1290. The molecule has 1 N–H and O–H groups in total. The molecule has 0 bridgehead atoms. The summed E-state index contributed by atoms with van der Waals surface area (Å²) in [7, 11) is 0. The van der Waals surface area contributed by atoms with E-state index in [1.165, 1.54) is 19.1 Å². The molecule has 0 unspecified atom stereocenters. The van der Waals surface area contributed by atoms with Crippen molar-refractivity contribution in [1.29, 1.82) is 0 Å². The maximum atomic E-state index is 14.0. The molecular formula is C28H31BrClN3O7. The summed E-state index contributed by atoms with van der Waals surface area (Å²) >= 11 is 9.28. The highest BCUT2D eigenvalue weighted by Gasteiger charge is 2.57. The summed E-state index contributed by atoms with van der Waals surface area (Å²) in [5.41, 5.74) is -2.23. The number of esters is 2. The maximum Gasteiger partial charge on any atom is 0.433 e. The van der Waals surface area contributed by atoms with E-state index in [1.807, 2.05) is 0 Å². The minimum atomic E-state index is -2.25. The van der Waals surface area contributed by atoms with Crippen molar-refractivity contribution in [2.45, 2.75) is 58.9 Å². The van der Waals surface area contributed by atoms with Gasteiger partial charge in [0.05, 0.1) is 12.3 Å². The van der Waals surface area contributed by atoms with Gasteiger partial charge in [-0.2, -0.15) is 10.1 Å². The SMILES string of the molecule is CCOC(=O)[C@H]1C[C@](NC(=O)c2ccc(Br)cc2)(C(=O)OCc2ccc(Cl)cc2)N(C(=O)OC(C)(C)C)N=C1C. The number of rotatable bonds is 7. The maximum absolute atomic E-state index is 14.0. The molecule has 214 valence electrons. The molecule has 0 saturated heterocycles. The van der Waals surface area contributed by atoms with Crippen LogP contribution >= 0.6 is 27.5 Å². The van der Waals surface area contributed by atoms with Crippen LogP contribution in [0.3, 0.4) is 0 Å². The molecule has 0 aromatic heterocycles. The lowest BCUT2D eigenvalue weighted by molar-refractivity contribution is -0.165. The minimum Gasteiger partial charge on any atom is -0.465 e. The zero-order chi connectivity index (χ0) is 29.7. The number of nitrogens with zero attached hydrogens (tertiary/aromatic N) is 2. The summed E-state index contributed by atoms with van der Waals surface area (Å²) in [6, 6.07) is 13.0. The predicted octanol–water partition coefficient (Wildman–Crippen LogP) is 5.47. The van der Waals surface area contributed by atoms with Crippen LogP contribution in [0.1, 0.15) is 57.0 Å². The molecule has 3 rings (SSSR count). The summed E-state index contributed by atoms with van der Waals surface area (Å²) in [4.78, 5) is 53.8. The minimum absolute atomic E-state index is 0.0810. The van der Waals surface area contributed by atoms with E-state index in [0.29, 0.717) is 10.6 Å². The van der Waals surface area contributed by atoms with Crippen LogP contribution in [0.4, 0.5) is 4.79 Å². The highest BCUT2D eigenvalue weighted by atomic mass is 79.9. The van der Waals surface area contributed by atoms with Gasteiger partial charge in [0.15, 0.2) is 0 Å². The summed E-state index contributed by atoms with van der Waals surface area (Å²) in [5, 5.41) is 8.16. The molecule has 12 heteroatoms. The average Bonchev–Trinajstić information content (AvgIpc) is 2.88. The van der Waals surface area contributed by atoms with Gasteiger partial charge in [0.2, 0.25) is 5.66 Å². The number of hydrazone groups is 1. The highest BCUT2D eigenvalue weighted by Crippen LogP contribution is 2.33. The fraction of sp³-hybridized carbons (Fsp3) is 0.393. The Hall–Kier alpha value is -3.44. The topological polar surface area (TPSA) is 124 Å². The molecule has 0 spiro atoms. The quantitative estimate of drug-likeness (QED) is 0.316. The third-order valence-corrected chi connectivity index (χ3v) is 6.59. The Morgan fingerprint density at radius 1 is 1.07 bits per heavy atom. The molecule has 1 aliphatic rings. The number of amides is 2. The fourth-order valence-corrected chi connectivity index (χ4v) is 4.27. The van der Waals surface area contributed by atoms with Crippen LogP contribution in [0.5, 0.6) is 0 Å². The van der Waals surface area contributed by atoms with Crippen molar-refractivity contribution < 1.29 is 33.4 Å². The van der Waals surface area contributed by atoms with Crippen molar-refractivity contribution in [3.63, 3.8) is 0 Å². The first kappa shape index (κ1) is 31.1. The van der Waals surface area contributed by atoms with Crippen LogP contribution in [0, 0.1) is 5.92 Å². The van der Waals surface area contributed by atoms with Crippen molar-refractivity contribution in [2.75, 3.05) is 6.61 Å². The number of hydrogen-bond acceptors (Lipinski definition) is 8. The fourth-order valence-electron chi connectivity index (χ4n) is 3.88. The third kappa shape index (κ3) is 7.60. The Kier molecular flexibility index (Phi) is 9.96. The van der Waals surface area contributed by atoms with E-state index in [1.54, 1.807) is 64.1 Å². The van der Waals surface area contributed by atoms with Crippen LogP contribution in [0.25, 0.3) is 0 Å². The molecular weight excluding hydrogens is 606 g/mol. The summed E-state index contributed by atoms with van der Waals surface area (Å²) < 4.78 is 17.1. The summed E-state index contributed by atoms with van der Waals surface area (Å²) in [6.07, 6.45) is -1.42. The van der Waals surface area contributed by atoms with E-state index in [0.717, 1.165) is 9.48 Å². The van der Waals surface area contributed by atoms with E-state index in [4.69, 9.17) is 25.8 Å². The molecule has 0 aliphatic carbocycles. The largest absolute Gasteiger partial charge is 0.465 e. The van der Waals surface area contributed by atoms with E-state index in [9.17, 15) is 19.2 Å². The monoisotopic (exact) mass is 635 g/mol. The number of carbonyl (C=O) groups excluding carboxylic acids is 4. The lowest BCUT2D eigenvalue weighted by Crippen LogP contribution is -2.69. The molecule has 0 fully saturated rings. The van der Waals surface area contributed by atoms with Crippen LogP contribution in [-0.4, -0.2) is 52.5 Å². The van der Waals surface area contributed by atoms with Gasteiger partial charge < -0.3 is 19.5 Å². The zero-order valence-electron chi connectivity index (χ0n) is 22.8. The number of halogens is 2. The van der Waals surface area contributed by atoms with Crippen LogP contribution in [0.2, 0.25) is 5.02 Å². The van der Waals surface area contributed by atoms with E-state index >= 15 is 0 Å². The van der Waals surface area contributed by atoms with Gasteiger partial charge in [-0.1, -0.05) is 39.7 Å². The smallest absolute Gasteiger partial charge is 0.433 e. The number of benzene rings is 2. The van der Waals surface area contributed by atoms with E-state index < -0.39 is 47.5 Å². The van der Waals surface area contributed by atoms with Crippen molar-refractivity contribution in [1.82, 2.24) is 10.3 Å². The molecule has 0 saturated carbocycles. The molecule has 2 atom stereocenters. The second-order valence-electron chi connectivity index (χ2n) is 10.1. The van der Waals surface area contributed by atoms with E-state index in [-0.39, 0.29) is 24.5 Å². The van der Waals surface area contributed by atoms with Gasteiger partial charge in [0, 0.05) is 21.5 Å². The molecule has 2 aromatic rings.